The zero-order valence-corrected chi connectivity index (χ0v) is 19.1. The number of morpholine rings is 1. The number of hydrogen-bond acceptors (Lipinski definition) is 6. The highest BCUT2D eigenvalue weighted by Crippen LogP contribution is 2.47. The standard InChI is InChI=1S/C22H23F3N4O4S/c1-32-18-10-14(34(30,31)29-6-8-33-9-7-29)4-5-17(18)27-19-11-15(13-2-3-13)20-16(22(23,24)25)12-26-21(20)28-19/h4-5,10-13H,2-3,6-9H2,1H3,(H2,26,27,28). The number of rotatable bonds is 6. The first-order valence-corrected chi connectivity index (χ1v) is 12.2. The molecular weight excluding hydrogens is 473 g/mol. The number of hydrogen-bond donors (Lipinski definition) is 2. The predicted octanol–water partition coefficient (Wildman–Crippen LogP) is 4.23. The summed E-state index contributed by atoms with van der Waals surface area (Å²) in [6.07, 6.45) is -1.90. The number of methoxy groups -OCH3 is 1. The first-order valence-electron chi connectivity index (χ1n) is 10.8. The molecule has 0 bridgehead atoms. The number of alkyl halides is 3. The van der Waals surface area contributed by atoms with Gasteiger partial charge in [-0.25, -0.2) is 13.4 Å². The lowest BCUT2D eigenvalue weighted by Gasteiger charge is -2.26. The lowest BCUT2D eigenvalue weighted by atomic mass is 10.0. The van der Waals surface area contributed by atoms with E-state index in [0.29, 0.717) is 30.3 Å². The van der Waals surface area contributed by atoms with E-state index < -0.39 is 21.8 Å². The molecule has 1 saturated carbocycles. The summed E-state index contributed by atoms with van der Waals surface area (Å²) < 4.78 is 78.4. The Morgan fingerprint density at radius 3 is 2.59 bits per heavy atom. The van der Waals surface area contributed by atoms with Crippen LogP contribution in [0.2, 0.25) is 0 Å². The van der Waals surface area contributed by atoms with Crippen molar-refractivity contribution in [1.29, 1.82) is 0 Å². The number of benzene rings is 1. The summed E-state index contributed by atoms with van der Waals surface area (Å²) in [7, 11) is -2.30. The number of ether oxygens (including phenoxy) is 2. The Bertz CT molecular complexity index is 1330. The second-order valence-electron chi connectivity index (χ2n) is 8.30. The molecule has 1 aliphatic carbocycles. The van der Waals surface area contributed by atoms with Gasteiger partial charge in [-0.05, 0) is 42.5 Å². The molecule has 0 amide bonds. The molecule has 2 fully saturated rings. The Hall–Kier alpha value is -2.83. The maximum Gasteiger partial charge on any atom is 0.418 e. The third kappa shape index (κ3) is 4.21. The van der Waals surface area contributed by atoms with E-state index in [2.05, 4.69) is 15.3 Å². The van der Waals surface area contributed by atoms with Gasteiger partial charge in [-0.1, -0.05) is 0 Å². The molecule has 3 heterocycles. The van der Waals surface area contributed by atoms with Crippen LogP contribution in [-0.4, -0.2) is 56.1 Å². The number of aromatic amines is 1. The molecule has 12 heteroatoms. The molecule has 5 rings (SSSR count). The van der Waals surface area contributed by atoms with E-state index in [-0.39, 0.29) is 40.7 Å². The number of nitrogens with zero attached hydrogens (tertiary/aromatic N) is 2. The van der Waals surface area contributed by atoms with Gasteiger partial charge in [0, 0.05) is 30.7 Å². The Labute approximate surface area is 194 Å². The van der Waals surface area contributed by atoms with Crippen molar-refractivity contribution in [2.45, 2.75) is 29.8 Å². The highest BCUT2D eigenvalue weighted by molar-refractivity contribution is 7.89. The third-order valence-corrected chi connectivity index (χ3v) is 7.93. The van der Waals surface area contributed by atoms with Crippen LogP contribution in [0.5, 0.6) is 5.75 Å². The van der Waals surface area contributed by atoms with E-state index in [1.807, 2.05) is 0 Å². The van der Waals surface area contributed by atoms with Crippen LogP contribution in [0, 0.1) is 0 Å². The monoisotopic (exact) mass is 496 g/mol. The van der Waals surface area contributed by atoms with Crippen molar-refractivity contribution in [2.75, 3.05) is 38.7 Å². The SMILES string of the molecule is COc1cc(S(=O)(=O)N2CCOCC2)ccc1Nc1cc(C2CC2)c2c(C(F)(F)F)c[nH]c2n1. The number of nitrogens with one attached hydrogen (secondary N) is 2. The van der Waals surface area contributed by atoms with E-state index in [1.165, 1.54) is 23.5 Å². The molecule has 0 spiro atoms. The number of aromatic nitrogens is 2. The number of fused-ring (bicyclic) bond motifs is 1. The second-order valence-corrected chi connectivity index (χ2v) is 10.2. The van der Waals surface area contributed by atoms with Crippen molar-refractivity contribution in [3.8, 4) is 5.75 Å². The summed E-state index contributed by atoms with van der Waals surface area (Å²) in [5, 5.41) is 3.18. The van der Waals surface area contributed by atoms with Crippen LogP contribution in [0.1, 0.15) is 29.9 Å². The van der Waals surface area contributed by atoms with Crippen LogP contribution in [0.25, 0.3) is 11.0 Å². The fourth-order valence-corrected chi connectivity index (χ4v) is 5.60. The lowest BCUT2D eigenvalue weighted by Crippen LogP contribution is -2.40. The smallest absolute Gasteiger partial charge is 0.418 e. The maximum atomic E-state index is 13.5. The molecule has 0 radical (unpaired) electrons. The maximum absolute atomic E-state index is 13.5. The Morgan fingerprint density at radius 1 is 1.21 bits per heavy atom. The molecule has 182 valence electrons. The van der Waals surface area contributed by atoms with Crippen molar-refractivity contribution in [2.24, 2.45) is 0 Å². The largest absolute Gasteiger partial charge is 0.495 e. The predicted molar refractivity (Wildman–Crippen MR) is 119 cm³/mol. The number of pyridine rings is 1. The molecule has 0 atom stereocenters. The van der Waals surface area contributed by atoms with E-state index in [9.17, 15) is 21.6 Å². The summed E-state index contributed by atoms with van der Waals surface area (Å²) in [6.45, 7) is 1.22. The van der Waals surface area contributed by atoms with Crippen LogP contribution in [0.15, 0.2) is 35.4 Å². The van der Waals surface area contributed by atoms with Crippen molar-refractivity contribution in [3.63, 3.8) is 0 Å². The molecular formula is C22H23F3N4O4S. The first kappa shape index (κ1) is 22.9. The van der Waals surface area contributed by atoms with E-state index >= 15 is 0 Å². The van der Waals surface area contributed by atoms with Gasteiger partial charge in [0.15, 0.2) is 0 Å². The molecule has 8 nitrogen and oxygen atoms in total. The quantitative estimate of drug-likeness (QED) is 0.530. The van der Waals surface area contributed by atoms with Gasteiger partial charge < -0.3 is 19.8 Å². The molecule has 2 aliphatic rings. The van der Waals surface area contributed by atoms with Crippen molar-refractivity contribution < 1.29 is 31.1 Å². The van der Waals surface area contributed by atoms with Gasteiger partial charge in [-0.3, -0.25) is 0 Å². The number of anilines is 2. The van der Waals surface area contributed by atoms with Gasteiger partial charge in [0.05, 0.1) is 36.5 Å². The molecule has 3 aromatic rings. The minimum atomic E-state index is -4.48. The third-order valence-electron chi connectivity index (χ3n) is 6.04. The Morgan fingerprint density at radius 2 is 1.94 bits per heavy atom. The molecule has 2 N–H and O–H groups in total. The zero-order valence-electron chi connectivity index (χ0n) is 18.3. The Kier molecular flexibility index (Phi) is 5.69. The second kappa shape index (κ2) is 8.43. The van der Waals surface area contributed by atoms with Gasteiger partial charge in [0.2, 0.25) is 10.0 Å². The molecule has 1 aliphatic heterocycles. The summed E-state index contributed by atoms with van der Waals surface area (Å²) in [6, 6.07) is 6.07. The highest BCUT2D eigenvalue weighted by Gasteiger charge is 2.37. The molecule has 2 aromatic heterocycles. The topological polar surface area (TPSA) is 96.5 Å². The summed E-state index contributed by atoms with van der Waals surface area (Å²) >= 11 is 0. The van der Waals surface area contributed by atoms with Gasteiger partial charge in [0.1, 0.15) is 17.2 Å². The van der Waals surface area contributed by atoms with Crippen LogP contribution in [0.3, 0.4) is 0 Å². The van der Waals surface area contributed by atoms with Gasteiger partial charge in [-0.2, -0.15) is 17.5 Å². The van der Waals surface area contributed by atoms with Crippen molar-refractivity contribution in [3.05, 3.63) is 41.6 Å². The average molecular weight is 497 g/mol. The fraction of sp³-hybridized carbons (Fsp3) is 0.409. The van der Waals surface area contributed by atoms with Gasteiger partial charge in [-0.15, -0.1) is 0 Å². The Balaban J connectivity index is 1.49. The number of sulfonamides is 1. The molecule has 1 aromatic carbocycles. The van der Waals surface area contributed by atoms with Crippen LogP contribution >= 0.6 is 0 Å². The lowest BCUT2D eigenvalue weighted by molar-refractivity contribution is -0.136. The minimum absolute atomic E-state index is 0.0471. The van der Waals surface area contributed by atoms with Crippen LogP contribution in [-0.2, 0) is 20.9 Å². The first-order chi connectivity index (χ1) is 16.2. The van der Waals surface area contributed by atoms with Crippen molar-refractivity contribution >= 4 is 32.6 Å². The van der Waals surface area contributed by atoms with E-state index in [1.54, 1.807) is 12.1 Å². The summed E-state index contributed by atoms with van der Waals surface area (Å²) in [4.78, 5) is 7.05. The summed E-state index contributed by atoms with van der Waals surface area (Å²) in [5.41, 5.74) is 0.453. The van der Waals surface area contributed by atoms with Crippen molar-refractivity contribution in [1.82, 2.24) is 14.3 Å². The van der Waals surface area contributed by atoms with E-state index in [4.69, 9.17) is 9.47 Å². The molecule has 0 unspecified atom stereocenters. The fourth-order valence-electron chi connectivity index (χ4n) is 4.18. The average Bonchev–Trinajstić information content (AvgIpc) is 3.56. The summed E-state index contributed by atoms with van der Waals surface area (Å²) in [5.74, 6) is 0.657. The minimum Gasteiger partial charge on any atom is -0.495 e. The van der Waals surface area contributed by atoms with Crippen LogP contribution in [0.4, 0.5) is 24.7 Å². The zero-order chi connectivity index (χ0) is 24.1. The van der Waals surface area contributed by atoms with Gasteiger partial charge >= 0.3 is 6.18 Å². The number of H-pyrrole nitrogens is 1. The van der Waals surface area contributed by atoms with Crippen LogP contribution < -0.4 is 10.1 Å². The van der Waals surface area contributed by atoms with E-state index in [0.717, 1.165) is 19.0 Å². The highest BCUT2D eigenvalue weighted by atomic mass is 32.2. The van der Waals surface area contributed by atoms with Gasteiger partial charge in [0.25, 0.3) is 0 Å². The number of halogens is 3. The molecule has 34 heavy (non-hydrogen) atoms. The molecule has 1 saturated heterocycles. The normalized spacial score (nSPS) is 17.8.